The van der Waals surface area contributed by atoms with E-state index in [2.05, 4.69) is 16.7 Å². The van der Waals surface area contributed by atoms with Crippen molar-refractivity contribution in [2.75, 3.05) is 25.0 Å². The van der Waals surface area contributed by atoms with Crippen LogP contribution >= 0.6 is 23.2 Å². The summed E-state index contributed by atoms with van der Waals surface area (Å²) in [5, 5.41) is 6.76. The Bertz CT molecular complexity index is 773. The summed E-state index contributed by atoms with van der Waals surface area (Å²) in [6.07, 6.45) is 0.999. The van der Waals surface area contributed by atoms with Gasteiger partial charge in [-0.3, -0.25) is 4.79 Å². The van der Waals surface area contributed by atoms with Crippen LogP contribution in [0.2, 0.25) is 10.0 Å². The smallest absolute Gasteiger partial charge is 0.255 e. The van der Waals surface area contributed by atoms with Crippen LogP contribution < -0.4 is 21.1 Å². The molecular weight excluding hydrogens is 361 g/mol. The van der Waals surface area contributed by atoms with Crippen molar-refractivity contribution in [2.24, 2.45) is 5.73 Å². The summed E-state index contributed by atoms with van der Waals surface area (Å²) in [6.45, 7) is 2.44. The van der Waals surface area contributed by atoms with Crippen molar-refractivity contribution in [3.63, 3.8) is 0 Å². The SMILES string of the molecule is NCCOc1c(Cl)cc(C(=O)Nc2ccc3c(c2)CNCC3)cc1Cl. The number of rotatable bonds is 5. The molecule has 3 rings (SSSR count). The maximum atomic E-state index is 12.5. The van der Waals surface area contributed by atoms with Crippen LogP contribution in [0.15, 0.2) is 30.3 Å². The van der Waals surface area contributed by atoms with E-state index in [1.807, 2.05) is 12.1 Å². The number of halogens is 2. The first-order valence-electron chi connectivity index (χ1n) is 8.04. The number of ether oxygens (including phenoxy) is 1. The Kier molecular flexibility index (Phi) is 5.81. The lowest BCUT2D eigenvalue weighted by atomic mass is 10.0. The molecule has 0 fully saturated rings. The van der Waals surface area contributed by atoms with Gasteiger partial charge in [0.15, 0.2) is 5.75 Å². The third-order valence-corrected chi connectivity index (χ3v) is 4.54. The van der Waals surface area contributed by atoms with Crippen LogP contribution in [0, 0.1) is 0 Å². The van der Waals surface area contributed by atoms with Crippen molar-refractivity contribution in [3.8, 4) is 5.75 Å². The summed E-state index contributed by atoms with van der Waals surface area (Å²) >= 11 is 12.3. The number of carbonyl (C=O) groups is 1. The van der Waals surface area contributed by atoms with Gasteiger partial charge in [0.1, 0.15) is 6.61 Å². The van der Waals surface area contributed by atoms with Crippen molar-refractivity contribution in [3.05, 3.63) is 57.1 Å². The number of anilines is 1. The van der Waals surface area contributed by atoms with Gasteiger partial charge in [0, 0.05) is 24.3 Å². The predicted octanol–water partition coefficient (Wildman–Crippen LogP) is 3.23. The molecule has 2 aromatic carbocycles. The van der Waals surface area contributed by atoms with Gasteiger partial charge in [-0.15, -0.1) is 0 Å². The second-order valence-corrected chi connectivity index (χ2v) is 6.58. The Morgan fingerprint density at radius 3 is 2.68 bits per heavy atom. The number of benzene rings is 2. The fourth-order valence-corrected chi connectivity index (χ4v) is 3.35. The van der Waals surface area contributed by atoms with E-state index in [0.717, 1.165) is 25.2 Å². The lowest BCUT2D eigenvalue weighted by Gasteiger charge is -2.18. The molecule has 0 atom stereocenters. The van der Waals surface area contributed by atoms with Crippen molar-refractivity contribution in [2.45, 2.75) is 13.0 Å². The monoisotopic (exact) mass is 379 g/mol. The van der Waals surface area contributed by atoms with Gasteiger partial charge in [-0.2, -0.15) is 0 Å². The van der Waals surface area contributed by atoms with E-state index in [9.17, 15) is 4.79 Å². The Hall–Kier alpha value is -1.79. The van der Waals surface area contributed by atoms with Crippen LogP contribution in [0.3, 0.4) is 0 Å². The molecule has 0 spiro atoms. The van der Waals surface area contributed by atoms with Crippen LogP contribution in [-0.2, 0) is 13.0 Å². The average molecular weight is 380 g/mol. The van der Waals surface area contributed by atoms with Gasteiger partial charge < -0.3 is 21.1 Å². The molecule has 1 amide bonds. The molecule has 0 aromatic heterocycles. The Morgan fingerprint density at radius 2 is 1.96 bits per heavy atom. The molecule has 25 heavy (non-hydrogen) atoms. The summed E-state index contributed by atoms with van der Waals surface area (Å²) in [4.78, 5) is 12.5. The summed E-state index contributed by atoms with van der Waals surface area (Å²) in [7, 11) is 0. The summed E-state index contributed by atoms with van der Waals surface area (Å²) in [5.41, 5.74) is 9.02. The van der Waals surface area contributed by atoms with Gasteiger partial charge in [-0.25, -0.2) is 0 Å². The van der Waals surface area contributed by atoms with Gasteiger partial charge >= 0.3 is 0 Å². The lowest BCUT2D eigenvalue weighted by molar-refractivity contribution is 0.102. The fourth-order valence-electron chi connectivity index (χ4n) is 2.75. The molecule has 0 saturated heterocycles. The fraction of sp³-hybridized carbons (Fsp3) is 0.278. The van der Waals surface area contributed by atoms with Crippen LogP contribution in [-0.4, -0.2) is 25.6 Å². The third kappa shape index (κ3) is 4.25. The van der Waals surface area contributed by atoms with E-state index < -0.39 is 0 Å². The van der Waals surface area contributed by atoms with E-state index in [-0.39, 0.29) is 16.0 Å². The number of carbonyl (C=O) groups excluding carboxylic acids is 1. The molecular formula is C18H19Cl2N3O2. The Balaban J connectivity index is 1.77. The lowest BCUT2D eigenvalue weighted by Crippen LogP contribution is -2.23. The predicted molar refractivity (Wildman–Crippen MR) is 101 cm³/mol. The van der Waals surface area contributed by atoms with E-state index in [4.69, 9.17) is 33.7 Å². The number of nitrogens with two attached hydrogens (primary N) is 1. The first kappa shape index (κ1) is 18.0. The molecule has 0 saturated carbocycles. The van der Waals surface area contributed by atoms with Crippen molar-refractivity contribution in [1.82, 2.24) is 5.32 Å². The topological polar surface area (TPSA) is 76.4 Å². The molecule has 5 nitrogen and oxygen atoms in total. The molecule has 1 aliphatic rings. The minimum Gasteiger partial charge on any atom is -0.489 e. The summed E-state index contributed by atoms with van der Waals surface area (Å²) in [5.74, 6) is 0.0584. The van der Waals surface area contributed by atoms with Crippen molar-refractivity contribution < 1.29 is 9.53 Å². The van der Waals surface area contributed by atoms with Crippen LogP contribution in [0.25, 0.3) is 0 Å². The zero-order chi connectivity index (χ0) is 17.8. The summed E-state index contributed by atoms with van der Waals surface area (Å²) in [6, 6.07) is 9.02. The van der Waals surface area contributed by atoms with Gasteiger partial charge in [-0.1, -0.05) is 29.3 Å². The van der Waals surface area contributed by atoms with E-state index in [1.165, 1.54) is 23.3 Å². The Labute approximate surface area is 156 Å². The highest BCUT2D eigenvalue weighted by Crippen LogP contribution is 2.34. The highest BCUT2D eigenvalue weighted by molar-refractivity contribution is 6.37. The normalized spacial score (nSPS) is 13.2. The zero-order valence-corrected chi connectivity index (χ0v) is 15.1. The quantitative estimate of drug-likeness (QED) is 0.745. The van der Waals surface area contributed by atoms with E-state index in [1.54, 1.807) is 0 Å². The number of hydrogen-bond acceptors (Lipinski definition) is 4. The van der Waals surface area contributed by atoms with E-state index >= 15 is 0 Å². The molecule has 0 bridgehead atoms. The number of amides is 1. The first-order valence-corrected chi connectivity index (χ1v) is 8.80. The van der Waals surface area contributed by atoms with Gasteiger partial charge in [-0.05, 0) is 48.4 Å². The van der Waals surface area contributed by atoms with Gasteiger partial charge in [0.25, 0.3) is 5.91 Å². The molecule has 1 aliphatic heterocycles. The Morgan fingerprint density at radius 1 is 1.20 bits per heavy atom. The second kappa shape index (κ2) is 8.06. The summed E-state index contributed by atoms with van der Waals surface area (Å²) < 4.78 is 5.40. The number of fused-ring (bicyclic) bond motifs is 1. The van der Waals surface area contributed by atoms with Gasteiger partial charge in [0.05, 0.1) is 10.0 Å². The highest BCUT2D eigenvalue weighted by atomic mass is 35.5. The number of nitrogens with one attached hydrogen (secondary N) is 2. The van der Waals surface area contributed by atoms with Crippen LogP contribution in [0.1, 0.15) is 21.5 Å². The minimum atomic E-state index is -0.280. The molecule has 0 unspecified atom stereocenters. The maximum Gasteiger partial charge on any atom is 0.255 e. The molecule has 1 heterocycles. The second-order valence-electron chi connectivity index (χ2n) is 5.77. The minimum absolute atomic E-state index is 0.278. The van der Waals surface area contributed by atoms with Crippen molar-refractivity contribution >= 4 is 34.8 Å². The van der Waals surface area contributed by atoms with Gasteiger partial charge in [0.2, 0.25) is 0 Å². The third-order valence-electron chi connectivity index (χ3n) is 3.98. The molecule has 2 aromatic rings. The van der Waals surface area contributed by atoms with Crippen LogP contribution in [0.4, 0.5) is 5.69 Å². The van der Waals surface area contributed by atoms with Crippen LogP contribution in [0.5, 0.6) is 5.75 Å². The van der Waals surface area contributed by atoms with Crippen molar-refractivity contribution in [1.29, 1.82) is 0 Å². The standard InChI is InChI=1S/C18H19Cl2N3O2/c19-15-8-12(9-16(20)17(15)25-6-4-21)18(24)23-14-2-1-11-3-5-22-10-13(11)7-14/h1-2,7-9,22H,3-6,10,21H2,(H,23,24). The number of hydrogen-bond donors (Lipinski definition) is 3. The van der Waals surface area contributed by atoms with E-state index in [0.29, 0.717) is 24.5 Å². The first-order chi connectivity index (χ1) is 12.1. The molecule has 0 aliphatic carbocycles. The highest BCUT2D eigenvalue weighted by Gasteiger charge is 2.15. The largest absolute Gasteiger partial charge is 0.489 e. The average Bonchev–Trinajstić information content (AvgIpc) is 2.61. The molecule has 4 N–H and O–H groups in total. The molecule has 0 radical (unpaired) electrons. The zero-order valence-electron chi connectivity index (χ0n) is 13.6. The maximum absolute atomic E-state index is 12.5. The molecule has 7 heteroatoms. The molecule has 132 valence electrons.